The zero-order valence-corrected chi connectivity index (χ0v) is 15.2. The van der Waals surface area contributed by atoms with Crippen LogP contribution in [-0.2, 0) is 12.8 Å². The number of nitrogens with zero attached hydrogens (tertiary/aromatic N) is 1. The van der Waals surface area contributed by atoms with Crippen LogP contribution in [0.1, 0.15) is 28.1 Å². The van der Waals surface area contributed by atoms with Gasteiger partial charge in [-0.1, -0.05) is 0 Å². The molecule has 0 spiro atoms. The standard InChI is InChI=1S/C21H20F2N2O2/c1-25(2)15-7-8-19-16(11-15)17-9-14(10-18(23)20(17)27-19)24-21(26)12-3-5-13(22)6-4-12/h3-6,9-10,15H,7-8,11H2,1-2H3,(H,24,26). The SMILES string of the molecule is CN(C)C1CCc2oc3c(F)cc(NC(=O)c4ccc(F)cc4)cc3c2C1. The molecule has 3 aromatic rings. The zero-order valence-electron chi connectivity index (χ0n) is 15.2. The van der Waals surface area contributed by atoms with Crippen LogP contribution in [0.3, 0.4) is 0 Å². The van der Waals surface area contributed by atoms with Crippen molar-refractivity contribution in [1.82, 2.24) is 4.90 Å². The highest BCUT2D eigenvalue weighted by Crippen LogP contribution is 2.36. The third-order valence-corrected chi connectivity index (χ3v) is 5.17. The number of aryl methyl sites for hydroxylation is 1. The van der Waals surface area contributed by atoms with E-state index in [1.54, 1.807) is 6.07 Å². The van der Waals surface area contributed by atoms with Gasteiger partial charge in [-0.2, -0.15) is 0 Å². The van der Waals surface area contributed by atoms with Gasteiger partial charge in [0.2, 0.25) is 0 Å². The van der Waals surface area contributed by atoms with Crippen LogP contribution < -0.4 is 5.32 Å². The first-order valence-electron chi connectivity index (χ1n) is 8.89. The predicted octanol–water partition coefficient (Wildman–Crippen LogP) is 4.38. The average molecular weight is 370 g/mol. The summed E-state index contributed by atoms with van der Waals surface area (Å²) in [6, 6.07) is 8.59. The zero-order chi connectivity index (χ0) is 19.1. The lowest BCUT2D eigenvalue weighted by Gasteiger charge is -2.27. The number of carbonyl (C=O) groups is 1. The number of furan rings is 1. The highest BCUT2D eigenvalue weighted by molar-refractivity contribution is 6.05. The maximum absolute atomic E-state index is 14.6. The smallest absolute Gasteiger partial charge is 0.255 e. The average Bonchev–Trinajstić information content (AvgIpc) is 3.01. The molecule has 0 bridgehead atoms. The molecule has 0 aliphatic heterocycles. The fourth-order valence-electron chi connectivity index (χ4n) is 3.63. The Bertz CT molecular complexity index is 1010. The van der Waals surface area contributed by atoms with Crippen LogP contribution in [0, 0.1) is 11.6 Å². The second kappa shape index (κ2) is 6.78. The molecular formula is C21H20F2N2O2. The first kappa shape index (κ1) is 17.7. The molecule has 0 radical (unpaired) electrons. The Morgan fingerprint density at radius 3 is 2.63 bits per heavy atom. The van der Waals surface area contributed by atoms with Gasteiger partial charge in [0.05, 0.1) is 0 Å². The van der Waals surface area contributed by atoms with Crippen LogP contribution in [0.4, 0.5) is 14.5 Å². The van der Waals surface area contributed by atoms with Gasteiger partial charge in [-0.25, -0.2) is 8.78 Å². The minimum Gasteiger partial charge on any atom is -0.458 e. The third-order valence-electron chi connectivity index (χ3n) is 5.17. The molecule has 140 valence electrons. The number of halogens is 2. The van der Waals surface area contributed by atoms with Crippen molar-refractivity contribution in [1.29, 1.82) is 0 Å². The summed E-state index contributed by atoms with van der Waals surface area (Å²) < 4.78 is 33.4. The molecule has 1 heterocycles. The van der Waals surface area contributed by atoms with Gasteiger partial charge in [0.25, 0.3) is 5.91 Å². The van der Waals surface area contributed by atoms with Crippen LogP contribution >= 0.6 is 0 Å². The summed E-state index contributed by atoms with van der Waals surface area (Å²) in [4.78, 5) is 14.5. The lowest BCUT2D eigenvalue weighted by atomic mass is 9.91. The minimum absolute atomic E-state index is 0.235. The monoisotopic (exact) mass is 370 g/mol. The van der Waals surface area contributed by atoms with Crippen molar-refractivity contribution in [3.8, 4) is 0 Å². The van der Waals surface area contributed by atoms with Crippen LogP contribution in [0.5, 0.6) is 0 Å². The summed E-state index contributed by atoms with van der Waals surface area (Å²) >= 11 is 0. The van der Waals surface area contributed by atoms with Gasteiger partial charge in [0.15, 0.2) is 11.4 Å². The maximum atomic E-state index is 14.6. The van der Waals surface area contributed by atoms with E-state index in [0.717, 1.165) is 30.6 Å². The van der Waals surface area contributed by atoms with E-state index in [9.17, 15) is 13.6 Å². The second-order valence-electron chi connectivity index (χ2n) is 7.16. The molecule has 1 aromatic heterocycles. The largest absolute Gasteiger partial charge is 0.458 e. The Labute approximate surface area is 155 Å². The summed E-state index contributed by atoms with van der Waals surface area (Å²) in [5.41, 5.74) is 1.90. The predicted molar refractivity (Wildman–Crippen MR) is 100 cm³/mol. The number of benzene rings is 2. The summed E-state index contributed by atoms with van der Waals surface area (Å²) in [6.07, 6.45) is 2.52. The van der Waals surface area contributed by atoms with E-state index in [1.807, 2.05) is 14.1 Å². The van der Waals surface area contributed by atoms with Crippen LogP contribution in [0.25, 0.3) is 11.0 Å². The fourth-order valence-corrected chi connectivity index (χ4v) is 3.63. The van der Waals surface area contributed by atoms with Crippen molar-refractivity contribution in [2.75, 3.05) is 19.4 Å². The maximum Gasteiger partial charge on any atom is 0.255 e. The molecule has 1 amide bonds. The Balaban J connectivity index is 1.68. The number of likely N-dealkylation sites (N-methyl/N-ethyl adjacent to an activating group) is 1. The van der Waals surface area contributed by atoms with Gasteiger partial charge in [0.1, 0.15) is 11.6 Å². The molecule has 6 heteroatoms. The quantitative estimate of drug-likeness (QED) is 0.744. The van der Waals surface area contributed by atoms with E-state index in [4.69, 9.17) is 4.42 Å². The third kappa shape index (κ3) is 3.32. The molecule has 0 fully saturated rings. The van der Waals surface area contributed by atoms with E-state index in [-0.39, 0.29) is 5.58 Å². The van der Waals surface area contributed by atoms with Crippen molar-refractivity contribution in [3.63, 3.8) is 0 Å². The van der Waals surface area contributed by atoms with Crippen molar-refractivity contribution in [2.24, 2.45) is 0 Å². The summed E-state index contributed by atoms with van der Waals surface area (Å²) in [5, 5.41) is 3.39. The van der Waals surface area contributed by atoms with Gasteiger partial charge < -0.3 is 14.6 Å². The molecule has 0 saturated heterocycles. The first-order chi connectivity index (χ1) is 12.9. The molecular weight excluding hydrogens is 350 g/mol. The number of nitrogens with one attached hydrogen (secondary N) is 1. The Kier molecular flexibility index (Phi) is 4.44. The molecule has 0 saturated carbocycles. The lowest BCUT2D eigenvalue weighted by molar-refractivity contribution is 0.102. The molecule has 1 aliphatic rings. The first-order valence-corrected chi connectivity index (χ1v) is 8.89. The van der Waals surface area contributed by atoms with Crippen molar-refractivity contribution in [3.05, 3.63) is 64.9 Å². The van der Waals surface area contributed by atoms with E-state index in [1.165, 1.54) is 30.3 Å². The van der Waals surface area contributed by atoms with Crippen LogP contribution in [0.2, 0.25) is 0 Å². The van der Waals surface area contributed by atoms with Gasteiger partial charge >= 0.3 is 0 Å². The van der Waals surface area contributed by atoms with Crippen molar-refractivity contribution < 1.29 is 18.0 Å². The van der Waals surface area contributed by atoms with E-state index < -0.39 is 17.5 Å². The van der Waals surface area contributed by atoms with E-state index in [2.05, 4.69) is 10.2 Å². The van der Waals surface area contributed by atoms with Crippen molar-refractivity contribution in [2.45, 2.75) is 25.3 Å². The number of anilines is 1. The summed E-state index contributed by atoms with van der Waals surface area (Å²) in [5.74, 6) is -0.515. The Morgan fingerprint density at radius 2 is 1.93 bits per heavy atom. The molecule has 1 atom stereocenters. The number of rotatable bonds is 3. The number of amides is 1. The van der Waals surface area contributed by atoms with Crippen molar-refractivity contribution >= 4 is 22.6 Å². The summed E-state index contributed by atoms with van der Waals surface area (Å²) in [7, 11) is 4.07. The topological polar surface area (TPSA) is 45.5 Å². The highest BCUT2D eigenvalue weighted by atomic mass is 19.1. The molecule has 4 rings (SSSR count). The normalized spacial score (nSPS) is 16.6. The number of hydrogen-bond acceptors (Lipinski definition) is 3. The Hall–Kier alpha value is -2.73. The highest BCUT2D eigenvalue weighted by Gasteiger charge is 2.27. The second-order valence-corrected chi connectivity index (χ2v) is 7.16. The fraction of sp³-hybridized carbons (Fsp3) is 0.286. The number of hydrogen-bond donors (Lipinski definition) is 1. The van der Waals surface area contributed by atoms with Gasteiger partial charge in [-0.05, 0) is 57.3 Å². The summed E-state index contributed by atoms with van der Waals surface area (Å²) in [6.45, 7) is 0. The molecule has 2 aromatic carbocycles. The van der Waals surface area contributed by atoms with Gasteiger partial charge in [0, 0.05) is 40.7 Å². The molecule has 27 heavy (non-hydrogen) atoms. The lowest BCUT2D eigenvalue weighted by Crippen LogP contribution is -2.33. The Morgan fingerprint density at radius 1 is 1.19 bits per heavy atom. The van der Waals surface area contributed by atoms with Gasteiger partial charge in [-0.15, -0.1) is 0 Å². The molecule has 4 nitrogen and oxygen atoms in total. The van der Waals surface area contributed by atoms with Crippen LogP contribution in [-0.4, -0.2) is 30.9 Å². The minimum atomic E-state index is -0.502. The number of carbonyl (C=O) groups excluding carboxylic acids is 1. The molecule has 1 aliphatic carbocycles. The van der Waals surface area contributed by atoms with E-state index >= 15 is 0 Å². The van der Waals surface area contributed by atoms with Crippen LogP contribution in [0.15, 0.2) is 40.8 Å². The van der Waals surface area contributed by atoms with Gasteiger partial charge in [-0.3, -0.25) is 4.79 Å². The number of fused-ring (bicyclic) bond motifs is 3. The molecule has 1 N–H and O–H groups in total. The van der Waals surface area contributed by atoms with E-state index in [0.29, 0.717) is 22.7 Å². The molecule has 1 unspecified atom stereocenters.